The molecule has 1 fully saturated rings. The average Bonchev–Trinajstić information content (AvgIpc) is 3.31. The van der Waals surface area contributed by atoms with Crippen LogP contribution in [-0.4, -0.2) is 52.5 Å². The minimum atomic E-state index is -0.136. The van der Waals surface area contributed by atoms with Crippen LogP contribution < -0.4 is 5.32 Å². The summed E-state index contributed by atoms with van der Waals surface area (Å²) in [5, 5.41) is 11.4. The van der Waals surface area contributed by atoms with Crippen LogP contribution >= 0.6 is 0 Å². The van der Waals surface area contributed by atoms with Crippen molar-refractivity contribution in [3.63, 3.8) is 0 Å². The lowest BCUT2D eigenvalue weighted by molar-refractivity contribution is 0.0937. The van der Waals surface area contributed by atoms with E-state index in [9.17, 15) is 4.79 Å². The molecule has 1 heterocycles. The summed E-state index contributed by atoms with van der Waals surface area (Å²) in [6, 6.07) is 10.1. The molecule has 6 heteroatoms. The van der Waals surface area contributed by atoms with Crippen LogP contribution in [0.25, 0.3) is 5.69 Å². The van der Waals surface area contributed by atoms with E-state index < -0.39 is 0 Å². The average molecular weight is 313 g/mol. The van der Waals surface area contributed by atoms with E-state index >= 15 is 0 Å². The molecule has 0 unspecified atom stereocenters. The van der Waals surface area contributed by atoms with Gasteiger partial charge in [-0.05, 0) is 46.0 Å². The van der Waals surface area contributed by atoms with E-state index in [1.807, 2.05) is 49.1 Å². The molecule has 122 valence electrons. The van der Waals surface area contributed by atoms with E-state index in [0.717, 1.165) is 24.2 Å². The van der Waals surface area contributed by atoms with E-state index in [-0.39, 0.29) is 11.9 Å². The van der Waals surface area contributed by atoms with E-state index in [1.54, 1.807) is 0 Å². The molecule has 1 saturated carbocycles. The smallest absolute Gasteiger partial charge is 0.273 e. The standard InChI is InChI=1S/C17H23N5O/c1-12(21(2)3)11-18-17(23)15-16(13-9-10-13)22(20-19-15)14-7-5-4-6-8-14/h4-8,12-13H,9-11H2,1-3H3,(H,18,23)/t12-/m1/s1. The number of hydrogen-bond acceptors (Lipinski definition) is 4. The van der Waals surface area contributed by atoms with Crippen LogP contribution in [-0.2, 0) is 0 Å². The molecule has 1 N–H and O–H groups in total. The van der Waals surface area contributed by atoms with Crippen molar-refractivity contribution in [2.24, 2.45) is 0 Å². The molecular formula is C17H23N5O. The Morgan fingerprint density at radius 1 is 1.35 bits per heavy atom. The highest BCUT2D eigenvalue weighted by atomic mass is 16.2. The third-order valence-corrected chi connectivity index (χ3v) is 4.32. The van der Waals surface area contributed by atoms with Crippen LogP contribution in [0.1, 0.15) is 41.9 Å². The van der Waals surface area contributed by atoms with Gasteiger partial charge in [0.15, 0.2) is 5.69 Å². The van der Waals surface area contributed by atoms with Gasteiger partial charge in [0.2, 0.25) is 0 Å². The maximum Gasteiger partial charge on any atom is 0.273 e. The second-order valence-corrected chi connectivity index (χ2v) is 6.37. The Morgan fingerprint density at radius 3 is 2.65 bits per heavy atom. The number of nitrogens with zero attached hydrogens (tertiary/aromatic N) is 4. The highest BCUT2D eigenvalue weighted by Gasteiger charge is 2.34. The summed E-state index contributed by atoms with van der Waals surface area (Å²) in [7, 11) is 4.00. The summed E-state index contributed by atoms with van der Waals surface area (Å²) in [6.07, 6.45) is 2.18. The molecule has 1 aromatic carbocycles. The number of benzene rings is 1. The van der Waals surface area contributed by atoms with Gasteiger partial charge in [-0.1, -0.05) is 23.4 Å². The summed E-state index contributed by atoms with van der Waals surface area (Å²) in [4.78, 5) is 14.6. The van der Waals surface area contributed by atoms with E-state index in [1.165, 1.54) is 0 Å². The lowest BCUT2D eigenvalue weighted by Gasteiger charge is -2.19. The molecule has 3 rings (SSSR count). The molecule has 1 amide bonds. The molecule has 1 aromatic heterocycles. The van der Waals surface area contributed by atoms with Gasteiger partial charge >= 0.3 is 0 Å². The number of para-hydroxylation sites is 1. The second kappa shape index (κ2) is 6.50. The van der Waals surface area contributed by atoms with Gasteiger partial charge in [-0.25, -0.2) is 4.68 Å². The van der Waals surface area contributed by atoms with E-state index in [4.69, 9.17) is 0 Å². The monoisotopic (exact) mass is 313 g/mol. The maximum atomic E-state index is 12.5. The molecule has 0 bridgehead atoms. The van der Waals surface area contributed by atoms with Gasteiger partial charge in [0.05, 0.1) is 11.4 Å². The Morgan fingerprint density at radius 2 is 2.04 bits per heavy atom. The summed E-state index contributed by atoms with van der Waals surface area (Å²) in [5.41, 5.74) is 2.34. The fraction of sp³-hybridized carbons (Fsp3) is 0.471. The van der Waals surface area contributed by atoms with Gasteiger partial charge in [-0.2, -0.15) is 0 Å². The molecule has 23 heavy (non-hydrogen) atoms. The number of aromatic nitrogens is 3. The minimum absolute atomic E-state index is 0.136. The Kier molecular flexibility index (Phi) is 4.43. The normalized spacial score (nSPS) is 15.7. The lowest BCUT2D eigenvalue weighted by Crippen LogP contribution is -2.38. The molecule has 1 aliphatic carbocycles. The largest absolute Gasteiger partial charge is 0.349 e. The predicted octanol–water partition coefficient (Wildman–Crippen LogP) is 1.82. The number of hydrogen-bond donors (Lipinski definition) is 1. The minimum Gasteiger partial charge on any atom is -0.349 e. The molecule has 6 nitrogen and oxygen atoms in total. The van der Waals surface area contributed by atoms with Crippen molar-refractivity contribution in [2.75, 3.05) is 20.6 Å². The molecule has 0 aliphatic heterocycles. The van der Waals surface area contributed by atoms with Crippen LogP contribution in [0.15, 0.2) is 30.3 Å². The van der Waals surface area contributed by atoms with Gasteiger partial charge < -0.3 is 10.2 Å². The summed E-state index contributed by atoms with van der Waals surface area (Å²) in [6.45, 7) is 2.66. The lowest BCUT2D eigenvalue weighted by atomic mass is 10.2. The van der Waals surface area contributed by atoms with Crippen molar-refractivity contribution in [1.82, 2.24) is 25.2 Å². The van der Waals surface area contributed by atoms with E-state index in [0.29, 0.717) is 18.2 Å². The second-order valence-electron chi connectivity index (χ2n) is 6.37. The summed E-state index contributed by atoms with van der Waals surface area (Å²) in [5.74, 6) is 0.250. The van der Waals surface area contributed by atoms with Gasteiger partial charge in [0.1, 0.15) is 0 Å². The first-order chi connectivity index (χ1) is 11.1. The van der Waals surface area contributed by atoms with Crippen molar-refractivity contribution in [2.45, 2.75) is 31.7 Å². The Bertz CT molecular complexity index is 676. The number of carbonyl (C=O) groups excluding carboxylic acids is 1. The molecular weight excluding hydrogens is 290 g/mol. The third kappa shape index (κ3) is 3.42. The first kappa shape index (κ1) is 15.7. The van der Waals surface area contributed by atoms with Crippen molar-refractivity contribution < 1.29 is 4.79 Å². The van der Waals surface area contributed by atoms with Gasteiger partial charge in [0, 0.05) is 18.5 Å². The highest BCUT2D eigenvalue weighted by Crippen LogP contribution is 2.41. The van der Waals surface area contributed by atoms with Crippen LogP contribution in [0.3, 0.4) is 0 Å². The van der Waals surface area contributed by atoms with Crippen LogP contribution in [0.2, 0.25) is 0 Å². The van der Waals surface area contributed by atoms with Gasteiger partial charge in [-0.3, -0.25) is 4.79 Å². The number of nitrogens with one attached hydrogen (secondary N) is 1. The van der Waals surface area contributed by atoms with Crippen LogP contribution in [0.5, 0.6) is 0 Å². The topological polar surface area (TPSA) is 63.1 Å². The molecule has 2 aromatic rings. The van der Waals surface area contributed by atoms with Gasteiger partial charge in [0.25, 0.3) is 5.91 Å². The number of likely N-dealkylation sites (N-methyl/N-ethyl adjacent to an activating group) is 1. The third-order valence-electron chi connectivity index (χ3n) is 4.32. The SMILES string of the molecule is C[C@H](CNC(=O)c1nnn(-c2ccccc2)c1C1CC1)N(C)C. The zero-order valence-electron chi connectivity index (χ0n) is 13.9. The number of rotatable bonds is 6. The molecule has 1 atom stereocenters. The number of carbonyl (C=O) groups is 1. The number of amides is 1. The quantitative estimate of drug-likeness (QED) is 0.883. The van der Waals surface area contributed by atoms with E-state index in [2.05, 4.69) is 27.5 Å². The fourth-order valence-electron chi connectivity index (χ4n) is 2.44. The van der Waals surface area contributed by atoms with Crippen molar-refractivity contribution >= 4 is 5.91 Å². The molecule has 0 radical (unpaired) electrons. The molecule has 0 spiro atoms. The first-order valence-corrected chi connectivity index (χ1v) is 8.03. The van der Waals surface area contributed by atoms with Crippen LogP contribution in [0, 0.1) is 0 Å². The van der Waals surface area contributed by atoms with Crippen molar-refractivity contribution in [3.05, 3.63) is 41.7 Å². The van der Waals surface area contributed by atoms with Crippen molar-refractivity contribution in [1.29, 1.82) is 0 Å². The molecule has 0 saturated heterocycles. The fourth-order valence-corrected chi connectivity index (χ4v) is 2.44. The summed E-state index contributed by atoms with van der Waals surface area (Å²) >= 11 is 0. The summed E-state index contributed by atoms with van der Waals surface area (Å²) < 4.78 is 1.81. The Balaban J connectivity index is 1.83. The van der Waals surface area contributed by atoms with Crippen molar-refractivity contribution in [3.8, 4) is 5.69 Å². The van der Waals surface area contributed by atoms with Gasteiger partial charge in [-0.15, -0.1) is 5.10 Å². The molecule has 1 aliphatic rings. The maximum absolute atomic E-state index is 12.5. The highest BCUT2D eigenvalue weighted by molar-refractivity contribution is 5.93. The zero-order valence-corrected chi connectivity index (χ0v) is 13.9. The Labute approximate surface area is 136 Å². The predicted molar refractivity (Wildman–Crippen MR) is 88.8 cm³/mol. The Hall–Kier alpha value is -2.21. The van der Waals surface area contributed by atoms with Crippen LogP contribution in [0.4, 0.5) is 0 Å². The first-order valence-electron chi connectivity index (χ1n) is 8.03. The zero-order chi connectivity index (χ0) is 16.4.